The SMILES string of the molecule is Cl.Cl.O=C(CCNc1ncc(C(F)(F)F)cc1Cl)NCC1=CCNCC1. The Balaban J connectivity index is 0.00000312. The number of aromatic nitrogens is 1. The Bertz CT molecular complexity index is 627. The lowest BCUT2D eigenvalue weighted by Gasteiger charge is -2.15. The van der Waals surface area contributed by atoms with Crippen LogP contribution in [-0.4, -0.2) is 37.1 Å². The van der Waals surface area contributed by atoms with Crippen LogP contribution >= 0.6 is 36.4 Å². The minimum Gasteiger partial charge on any atom is -0.368 e. The van der Waals surface area contributed by atoms with Crippen molar-refractivity contribution in [3.63, 3.8) is 0 Å². The van der Waals surface area contributed by atoms with Crippen LogP contribution < -0.4 is 16.0 Å². The average Bonchev–Trinajstić information content (AvgIpc) is 2.54. The van der Waals surface area contributed by atoms with E-state index in [2.05, 4.69) is 20.9 Å². The zero-order chi connectivity index (χ0) is 17.6. The third-order valence-corrected chi connectivity index (χ3v) is 3.77. The molecule has 0 atom stereocenters. The molecule has 0 aromatic carbocycles. The maximum absolute atomic E-state index is 12.5. The predicted octanol–water partition coefficient (Wildman–Crippen LogP) is 3.44. The van der Waals surface area contributed by atoms with E-state index >= 15 is 0 Å². The lowest BCUT2D eigenvalue weighted by atomic mass is 10.1. The predicted molar refractivity (Wildman–Crippen MR) is 100 cm³/mol. The van der Waals surface area contributed by atoms with E-state index in [4.69, 9.17) is 11.6 Å². The minimum atomic E-state index is -4.49. The average molecular weight is 436 g/mol. The van der Waals surface area contributed by atoms with Crippen molar-refractivity contribution >= 4 is 48.1 Å². The van der Waals surface area contributed by atoms with Crippen molar-refractivity contribution < 1.29 is 18.0 Å². The van der Waals surface area contributed by atoms with Crippen molar-refractivity contribution in [1.82, 2.24) is 15.6 Å². The van der Waals surface area contributed by atoms with Crippen LogP contribution in [0.2, 0.25) is 5.02 Å². The monoisotopic (exact) mass is 434 g/mol. The fourth-order valence-corrected chi connectivity index (χ4v) is 2.38. The molecule has 0 fully saturated rings. The quantitative estimate of drug-likeness (QED) is 0.599. The normalized spacial score (nSPS) is 13.8. The number of carbonyl (C=O) groups is 1. The minimum absolute atomic E-state index is 0. The summed E-state index contributed by atoms with van der Waals surface area (Å²) in [6, 6.07) is 0.806. The summed E-state index contributed by atoms with van der Waals surface area (Å²) >= 11 is 5.77. The Hall–Kier alpha value is -1.22. The molecule has 0 unspecified atom stereocenters. The number of pyridine rings is 1. The van der Waals surface area contributed by atoms with Crippen molar-refractivity contribution in [3.05, 3.63) is 34.5 Å². The van der Waals surface area contributed by atoms with Crippen LogP contribution in [0.25, 0.3) is 0 Å². The van der Waals surface area contributed by atoms with Gasteiger partial charge in [-0.25, -0.2) is 4.98 Å². The van der Waals surface area contributed by atoms with Crippen LogP contribution in [0.3, 0.4) is 0 Å². The molecule has 5 nitrogen and oxygen atoms in total. The zero-order valence-electron chi connectivity index (χ0n) is 13.7. The molecule has 0 radical (unpaired) electrons. The topological polar surface area (TPSA) is 66.0 Å². The summed E-state index contributed by atoms with van der Waals surface area (Å²) in [5.41, 5.74) is 0.272. The van der Waals surface area contributed by atoms with Crippen molar-refractivity contribution in [2.24, 2.45) is 0 Å². The number of hydrogen-bond acceptors (Lipinski definition) is 4. The van der Waals surface area contributed by atoms with Crippen LogP contribution in [0.5, 0.6) is 0 Å². The third-order valence-electron chi connectivity index (χ3n) is 3.48. The highest BCUT2D eigenvalue weighted by molar-refractivity contribution is 6.32. The molecule has 1 aromatic rings. The van der Waals surface area contributed by atoms with E-state index in [1.807, 2.05) is 6.08 Å². The summed E-state index contributed by atoms with van der Waals surface area (Å²) in [5, 5.41) is 8.62. The van der Waals surface area contributed by atoms with Gasteiger partial charge in [0.25, 0.3) is 0 Å². The molecular weight excluding hydrogens is 416 g/mol. The highest BCUT2D eigenvalue weighted by Crippen LogP contribution is 2.32. The number of nitrogens with zero attached hydrogens (tertiary/aromatic N) is 1. The number of anilines is 1. The van der Waals surface area contributed by atoms with Gasteiger partial charge >= 0.3 is 6.18 Å². The van der Waals surface area contributed by atoms with Crippen molar-refractivity contribution in [2.45, 2.75) is 19.0 Å². The molecule has 2 rings (SSSR count). The van der Waals surface area contributed by atoms with Gasteiger partial charge in [0.15, 0.2) is 0 Å². The van der Waals surface area contributed by atoms with E-state index in [0.717, 1.165) is 25.6 Å². The molecule has 148 valence electrons. The van der Waals surface area contributed by atoms with Gasteiger partial charge in [0.05, 0.1) is 10.6 Å². The van der Waals surface area contributed by atoms with E-state index in [9.17, 15) is 18.0 Å². The van der Waals surface area contributed by atoms with Crippen molar-refractivity contribution in [3.8, 4) is 0 Å². The summed E-state index contributed by atoms with van der Waals surface area (Å²) < 4.78 is 37.5. The number of amides is 1. The lowest BCUT2D eigenvalue weighted by molar-refractivity contribution is -0.137. The molecule has 0 saturated heterocycles. The molecule has 0 saturated carbocycles. The van der Waals surface area contributed by atoms with E-state index < -0.39 is 11.7 Å². The first kappa shape index (κ1) is 24.8. The Morgan fingerprint density at radius 3 is 2.65 bits per heavy atom. The Labute approximate surface area is 167 Å². The highest BCUT2D eigenvalue weighted by Gasteiger charge is 2.31. The molecule has 0 spiro atoms. The summed E-state index contributed by atoms with van der Waals surface area (Å²) in [4.78, 5) is 15.4. The van der Waals surface area contributed by atoms with Crippen LogP contribution in [-0.2, 0) is 11.0 Å². The van der Waals surface area contributed by atoms with E-state index in [0.29, 0.717) is 12.7 Å². The second kappa shape index (κ2) is 11.5. The molecular formula is C15H20Cl3F3N4O. The number of halogens is 6. The molecule has 26 heavy (non-hydrogen) atoms. The van der Waals surface area contributed by atoms with Gasteiger partial charge in [-0.15, -0.1) is 24.8 Å². The highest BCUT2D eigenvalue weighted by atomic mass is 35.5. The number of alkyl halides is 3. The van der Waals surface area contributed by atoms with E-state index in [1.165, 1.54) is 5.57 Å². The molecule has 1 amide bonds. The van der Waals surface area contributed by atoms with Gasteiger partial charge in [0, 0.05) is 32.3 Å². The molecule has 0 bridgehead atoms. The fraction of sp³-hybridized carbons (Fsp3) is 0.467. The Morgan fingerprint density at radius 1 is 1.35 bits per heavy atom. The molecule has 1 aromatic heterocycles. The first-order chi connectivity index (χ1) is 11.4. The second-order valence-electron chi connectivity index (χ2n) is 5.32. The van der Waals surface area contributed by atoms with Crippen LogP contribution in [0.1, 0.15) is 18.4 Å². The molecule has 2 heterocycles. The van der Waals surface area contributed by atoms with Gasteiger partial charge in [0.2, 0.25) is 5.91 Å². The Kier molecular flexibility index (Phi) is 10.9. The number of hydrogen-bond donors (Lipinski definition) is 3. The van der Waals surface area contributed by atoms with Crippen molar-refractivity contribution in [1.29, 1.82) is 0 Å². The third kappa shape index (κ3) is 7.99. The maximum Gasteiger partial charge on any atom is 0.417 e. The maximum atomic E-state index is 12.5. The summed E-state index contributed by atoms with van der Waals surface area (Å²) in [5.74, 6) is -0.0245. The standard InChI is InChI=1S/C15H18ClF3N4O.2ClH/c16-12-7-11(15(17,18)19)9-23-14(12)21-6-3-13(24)22-8-10-1-4-20-5-2-10;;/h1,7,9,20H,2-6,8H2,(H,21,23)(H,22,24);2*1H. The Morgan fingerprint density at radius 2 is 2.08 bits per heavy atom. The van der Waals surface area contributed by atoms with Gasteiger partial charge < -0.3 is 16.0 Å². The lowest BCUT2D eigenvalue weighted by Crippen LogP contribution is -2.30. The molecule has 1 aliphatic rings. The second-order valence-corrected chi connectivity index (χ2v) is 5.73. The van der Waals surface area contributed by atoms with Gasteiger partial charge in [-0.3, -0.25) is 4.79 Å². The number of carbonyl (C=O) groups excluding carboxylic acids is 1. The van der Waals surface area contributed by atoms with Crippen molar-refractivity contribution in [2.75, 3.05) is 31.5 Å². The van der Waals surface area contributed by atoms with Crippen LogP contribution in [0.15, 0.2) is 23.9 Å². The smallest absolute Gasteiger partial charge is 0.368 e. The zero-order valence-corrected chi connectivity index (χ0v) is 16.0. The number of nitrogens with one attached hydrogen (secondary N) is 3. The summed E-state index contributed by atoms with van der Waals surface area (Å²) in [6.07, 6.45) is -0.654. The van der Waals surface area contributed by atoms with E-state index in [1.54, 1.807) is 0 Å². The molecule has 3 N–H and O–H groups in total. The van der Waals surface area contributed by atoms with Crippen LogP contribution in [0, 0.1) is 0 Å². The van der Waals surface area contributed by atoms with Gasteiger partial charge in [-0.2, -0.15) is 13.2 Å². The van der Waals surface area contributed by atoms with Gasteiger partial charge in [0.1, 0.15) is 5.82 Å². The fourth-order valence-electron chi connectivity index (χ4n) is 2.15. The molecule has 1 aliphatic heterocycles. The first-order valence-electron chi connectivity index (χ1n) is 7.48. The molecule has 0 aliphatic carbocycles. The number of rotatable bonds is 6. The van der Waals surface area contributed by atoms with Gasteiger partial charge in [-0.05, 0) is 19.0 Å². The first-order valence-corrected chi connectivity index (χ1v) is 7.86. The van der Waals surface area contributed by atoms with Crippen LogP contribution in [0.4, 0.5) is 19.0 Å². The largest absolute Gasteiger partial charge is 0.417 e. The summed E-state index contributed by atoms with van der Waals surface area (Å²) in [6.45, 7) is 2.45. The van der Waals surface area contributed by atoms with E-state index in [-0.39, 0.29) is 54.5 Å². The molecule has 11 heteroatoms. The van der Waals surface area contributed by atoms with Gasteiger partial charge in [-0.1, -0.05) is 23.3 Å². The summed E-state index contributed by atoms with van der Waals surface area (Å²) in [7, 11) is 0.